The molecule has 8 heteroatoms. The quantitative estimate of drug-likeness (QED) is 0.139. The fraction of sp³-hybridized carbons (Fsp3) is 0. The van der Waals surface area contributed by atoms with Gasteiger partial charge in [-0.05, 0) is 188 Å². The first-order chi connectivity index (χ1) is 56.4. The van der Waals surface area contributed by atoms with Crippen molar-refractivity contribution in [2.24, 2.45) is 0 Å². The first kappa shape index (κ1) is 64.6. The SMILES string of the molecule is c1cnc2c(c1)ccc1c(-c3ccc(-c4ccc5ccc(-c6ccc7ccc(-c8ccc9c%10ccccc%10c%10ccccc%10c9c8)cc7n6)cc5n4)cc3)ccnc12.c1cnc2c(c1)ccc1c(-c3ccc(-c4ccc5ccc(-c6ccc7ccc(-c8ccc9ccc%10cccc%11ccc8c9c%10%11)cc7n6)cc5n4)cc3)ccnc12. The largest absolute Gasteiger partial charge is 0.254 e. The van der Waals surface area contributed by atoms with E-state index in [1.165, 1.54) is 81.3 Å². The summed E-state index contributed by atoms with van der Waals surface area (Å²) < 4.78 is 0. The van der Waals surface area contributed by atoms with Gasteiger partial charge in [0.1, 0.15) is 0 Å². The molecule has 0 aliphatic rings. The van der Waals surface area contributed by atoms with Crippen molar-refractivity contribution in [3.05, 3.63) is 377 Å². The fourth-order valence-corrected chi connectivity index (χ4v) is 17.5. The highest BCUT2D eigenvalue weighted by atomic mass is 14.8. The molecule has 0 unspecified atom stereocenters. The minimum Gasteiger partial charge on any atom is -0.254 e. The van der Waals surface area contributed by atoms with Crippen LogP contribution in [0.15, 0.2) is 377 Å². The van der Waals surface area contributed by atoms with Crippen molar-refractivity contribution in [1.29, 1.82) is 0 Å². The van der Waals surface area contributed by atoms with Gasteiger partial charge < -0.3 is 0 Å². The lowest BCUT2D eigenvalue weighted by molar-refractivity contribution is 1.37. The summed E-state index contributed by atoms with van der Waals surface area (Å²) in [4.78, 5) is 39.4. The molecule has 114 heavy (non-hydrogen) atoms. The van der Waals surface area contributed by atoms with Crippen LogP contribution in [-0.4, -0.2) is 39.9 Å². The summed E-state index contributed by atoms with van der Waals surface area (Å²) in [5, 5.41) is 24.2. The molecule has 0 fully saturated rings. The molecule has 0 saturated heterocycles. The first-order valence-corrected chi connectivity index (χ1v) is 38.5. The highest BCUT2D eigenvalue weighted by molar-refractivity contribution is 6.27. The third-order valence-corrected chi connectivity index (χ3v) is 23.2. The molecular weight excluding hydrogens is 1390 g/mol. The van der Waals surface area contributed by atoms with Gasteiger partial charge in [-0.15, -0.1) is 0 Å². The topological polar surface area (TPSA) is 103 Å². The third kappa shape index (κ3) is 10.9. The Labute approximate surface area is 653 Å². The van der Waals surface area contributed by atoms with Crippen LogP contribution in [0.25, 0.3) is 241 Å². The number of aromatic nitrogens is 8. The van der Waals surface area contributed by atoms with Crippen molar-refractivity contribution in [2.45, 2.75) is 0 Å². The minimum atomic E-state index is 0.917. The van der Waals surface area contributed by atoms with E-state index in [4.69, 9.17) is 29.9 Å². The Morgan fingerprint density at radius 1 is 0.149 bits per heavy atom. The van der Waals surface area contributed by atoms with E-state index in [2.05, 4.69) is 350 Å². The molecule has 16 aromatic carbocycles. The Bertz CT molecular complexity index is 8070. The normalized spacial score (nSPS) is 11.9. The lowest BCUT2D eigenvalue weighted by atomic mass is 9.89. The molecule has 0 atom stereocenters. The van der Waals surface area contributed by atoms with Crippen LogP contribution in [0.1, 0.15) is 0 Å². The number of nitrogens with zero attached hydrogens (tertiary/aromatic N) is 8. The zero-order valence-corrected chi connectivity index (χ0v) is 61.4. The average molecular weight is 1450 g/mol. The van der Waals surface area contributed by atoms with Crippen molar-refractivity contribution in [3.8, 4) is 89.5 Å². The summed E-state index contributed by atoms with van der Waals surface area (Å²) in [6.07, 6.45) is 7.40. The zero-order chi connectivity index (χ0) is 74.9. The summed E-state index contributed by atoms with van der Waals surface area (Å²) in [5.74, 6) is 0. The second-order valence-electron chi connectivity index (χ2n) is 29.7. The van der Waals surface area contributed by atoms with E-state index in [9.17, 15) is 0 Å². The van der Waals surface area contributed by atoms with Gasteiger partial charge in [-0.1, -0.05) is 273 Å². The molecule has 0 aliphatic heterocycles. The maximum absolute atomic E-state index is 5.22. The van der Waals surface area contributed by atoms with Gasteiger partial charge in [0.05, 0.1) is 66.9 Å². The summed E-state index contributed by atoms with van der Waals surface area (Å²) in [5.41, 5.74) is 24.6. The van der Waals surface area contributed by atoms with E-state index in [1.54, 1.807) is 0 Å². The van der Waals surface area contributed by atoms with Crippen LogP contribution in [0.3, 0.4) is 0 Å². The predicted molar refractivity (Wildman–Crippen MR) is 475 cm³/mol. The van der Waals surface area contributed by atoms with Crippen molar-refractivity contribution in [1.82, 2.24) is 39.9 Å². The van der Waals surface area contributed by atoms with E-state index in [0.29, 0.717) is 0 Å². The molecule has 0 bridgehead atoms. The molecule has 0 radical (unpaired) electrons. The van der Waals surface area contributed by atoms with Gasteiger partial charge >= 0.3 is 0 Å². The Balaban J connectivity index is 0.000000135. The Hall–Kier alpha value is -15.4. The maximum Gasteiger partial charge on any atom is 0.0970 e. The molecule has 8 nitrogen and oxygen atoms in total. The highest BCUT2D eigenvalue weighted by Crippen LogP contribution is 2.43. The summed E-state index contributed by atoms with van der Waals surface area (Å²) in [6, 6.07) is 126. The van der Waals surface area contributed by atoms with E-state index in [1.807, 2.05) is 36.9 Å². The smallest absolute Gasteiger partial charge is 0.0970 e. The number of benzene rings is 16. The Morgan fingerprint density at radius 2 is 0.465 bits per heavy atom. The van der Waals surface area contributed by atoms with E-state index in [-0.39, 0.29) is 0 Å². The van der Waals surface area contributed by atoms with Gasteiger partial charge in [0.2, 0.25) is 0 Å². The molecule has 0 N–H and O–H groups in total. The van der Waals surface area contributed by atoms with Crippen LogP contribution in [0.5, 0.6) is 0 Å². The van der Waals surface area contributed by atoms with Crippen molar-refractivity contribution in [3.63, 3.8) is 0 Å². The molecule has 24 aromatic rings. The Kier molecular flexibility index (Phi) is 14.8. The lowest BCUT2D eigenvalue weighted by Gasteiger charge is -2.14. The van der Waals surface area contributed by atoms with Crippen molar-refractivity contribution < 1.29 is 0 Å². The molecule has 24 rings (SSSR count). The first-order valence-electron chi connectivity index (χ1n) is 38.5. The number of pyridine rings is 8. The van der Waals surface area contributed by atoms with Crippen molar-refractivity contribution >= 4 is 152 Å². The van der Waals surface area contributed by atoms with Crippen molar-refractivity contribution in [2.75, 3.05) is 0 Å². The van der Waals surface area contributed by atoms with E-state index in [0.717, 1.165) is 160 Å². The standard InChI is InChI=1S/C54H32N4.C52H30N4/c1-2-9-44-42(7-1)43-8-3-4-10-45(43)48-30-38(20-23-46(44)48)39-17-15-35-22-26-50(58-51(35)31-39)40-18-16-36-21-25-49(57-52(36)32-40)34-13-11-33(12-14-34)41-27-29-56-54-47(41)24-19-37-6-5-28-55-53(37)54;1-3-35-12-13-37-16-21-41(43-22-17-36(4-1)49(35)50(37)43)39-14-10-33-20-25-46(56-47(33)29-39)40-15-11-34-19-24-45(55-48(34)30-40)32-8-6-31(7-9-32)42-26-28-54-52-44(42)23-18-38-5-2-27-53-51(38)52/h1-32H;1-30H. The molecule has 0 amide bonds. The number of fused-ring (bicyclic) bond motifs is 16. The van der Waals surface area contributed by atoms with Crippen LogP contribution in [0.2, 0.25) is 0 Å². The summed E-state index contributed by atoms with van der Waals surface area (Å²) in [7, 11) is 0. The van der Waals surface area contributed by atoms with Crippen LogP contribution >= 0.6 is 0 Å². The molecule has 526 valence electrons. The lowest BCUT2D eigenvalue weighted by Crippen LogP contribution is -1.90. The summed E-state index contributed by atoms with van der Waals surface area (Å²) >= 11 is 0. The molecule has 0 spiro atoms. The van der Waals surface area contributed by atoms with E-state index >= 15 is 0 Å². The minimum absolute atomic E-state index is 0.917. The highest BCUT2D eigenvalue weighted by Gasteiger charge is 2.18. The average Bonchev–Trinajstić information content (AvgIpc) is 0.743. The molecule has 8 aromatic heterocycles. The van der Waals surface area contributed by atoms with Gasteiger partial charge in [0, 0.05) is 90.1 Å². The Morgan fingerprint density at radius 3 is 0.974 bits per heavy atom. The number of hydrogen-bond donors (Lipinski definition) is 0. The number of hydrogen-bond acceptors (Lipinski definition) is 8. The second-order valence-corrected chi connectivity index (χ2v) is 29.7. The molecular formula is C106H62N8. The summed E-state index contributed by atoms with van der Waals surface area (Å²) in [6.45, 7) is 0. The van der Waals surface area contributed by atoms with Gasteiger partial charge in [-0.3, -0.25) is 19.9 Å². The van der Waals surface area contributed by atoms with Gasteiger partial charge in [0.25, 0.3) is 0 Å². The van der Waals surface area contributed by atoms with Gasteiger partial charge in [-0.25, -0.2) is 19.9 Å². The molecule has 0 saturated carbocycles. The maximum atomic E-state index is 5.22. The van der Waals surface area contributed by atoms with Crippen LogP contribution in [0, 0.1) is 0 Å². The van der Waals surface area contributed by atoms with Crippen LogP contribution in [-0.2, 0) is 0 Å². The van der Waals surface area contributed by atoms with Crippen LogP contribution < -0.4 is 0 Å². The number of rotatable bonds is 8. The zero-order valence-electron chi connectivity index (χ0n) is 61.4. The van der Waals surface area contributed by atoms with Crippen LogP contribution in [0.4, 0.5) is 0 Å². The van der Waals surface area contributed by atoms with Gasteiger partial charge in [-0.2, -0.15) is 0 Å². The predicted octanol–water partition coefficient (Wildman–Crippen LogP) is 27.5. The van der Waals surface area contributed by atoms with E-state index < -0.39 is 0 Å². The monoisotopic (exact) mass is 1450 g/mol. The molecule has 0 aliphatic carbocycles. The van der Waals surface area contributed by atoms with Gasteiger partial charge in [0.15, 0.2) is 0 Å². The molecule has 8 heterocycles. The third-order valence-electron chi connectivity index (χ3n) is 23.2. The fourth-order valence-electron chi connectivity index (χ4n) is 17.5. The second kappa shape index (κ2) is 26.2.